The number of ether oxygens (including phenoxy) is 2. The summed E-state index contributed by atoms with van der Waals surface area (Å²) in [6.07, 6.45) is 0. The number of aromatic nitrogens is 2. The molecule has 1 heterocycles. The third-order valence-electron chi connectivity index (χ3n) is 1.67. The zero-order chi connectivity index (χ0) is 10.6. The Kier molecular flexibility index (Phi) is 3.50. The maximum absolute atomic E-state index is 11.5. The number of aromatic amines is 1. The van der Waals surface area contributed by atoms with E-state index in [2.05, 4.69) is 10.2 Å². The molecule has 0 spiro atoms. The van der Waals surface area contributed by atoms with E-state index in [0.29, 0.717) is 30.4 Å². The van der Waals surface area contributed by atoms with Gasteiger partial charge >= 0.3 is 5.97 Å². The summed E-state index contributed by atoms with van der Waals surface area (Å²) in [5.74, 6) is -0.0920. The van der Waals surface area contributed by atoms with Crippen LogP contribution < -0.4 is 4.74 Å². The fourth-order valence-corrected chi connectivity index (χ4v) is 1.09. The summed E-state index contributed by atoms with van der Waals surface area (Å²) in [5, 5.41) is 6.55. The van der Waals surface area contributed by atoms with Crippen LogP contribution in [0.25, 0.3) is 0 Å². The molecule has 0 aromatic carbocycles. The zero-order valence-corrected chi connectivity index (χ0v) is 8.59. The van der Waals surface area contributed by atoms with Gasteiger partial charge in [0.1, 0.15) is 5.56 Å². The highest BCUT2D eigenvalue weighted by molar-refractivity contribution is 5.93. The number of carbonyl (C=O) groups is 1. The molecular formula is C9H14N2O3. The summed E-state index contributed by atoms with van der Waals surface area (Å²) in [6, 6.07) is 0. The first-order chi connectivity index (χ1) is 6.70. The predicted octanol–water partition coefficient (Wildman–Crippen LogP) is 1.29. The average Bonchev–Trinajstić information content (AvgIpc) is 2.48. The van der Waals surface area contributed by atoms with Crippen molar-refractivity contribution in [2.45, 2.75) is 20.8 Å². The summed E-state index contributed by atoms with van der Waals surface area (Å²) in [4.78, 5) is 11.5. The van der Waals surface area contributed by atoms with Gasteiger partial charge in [0.05, 0.1) is 18.9 Å². The lowest BCUT2D eigenvalue weighted by Gasteiger charge is -2.03. The Bertz CT molecular complexity index is 320. The third-order valence-corrected chi connectivity index (χ3v) is 1.67. The molecule has 0 aliphatic heterocycles. The molecule has 1 rings (SSSR count). The van der Waals surface area contributed by atoms with Gasteiger partial charge in [-0.3, -0.25) is 5.10 Å². The van der Waals surface area contributed by atoms with E-state index in [9.17, 15) is 4.79 Å². The maximum Gasteiger partial charge on any atom is 0.345 e. The second-order valence-electron chi connectivity index (χ2n) is 2.68. The monoisotopic (exact) mass is 198 g/mol. The quantitative estimate of drug-likeness (QED) is 0.740. The highest BCUT2D eigenvalue weighted by Crippen LogP contribution is 2.19. The number of hydrogen-bond donors (Lipinski definition) is 1. The highest BCUT2D eigenvalue weighted by Gasteiger charge is 2.19. The van der Waals surface area contributed by atoms with Crippen molar-refractivity contribution in [3.63, 3.8) is 0 Å². The molecule has 0 saturated carbocycles. The molecule has 0 fully saturated rings. The van der Waals surface area contributed by atoms with E-state index in [0.717, 1.165) is 0 Å². The van der Waals surface area contributed by atoms with E-state index in [-0.39, 0.29) is 0 Å². The molecule has 0 aliphatic rings. The minimum Gasteiger partial charge on any atom is -0.476 e. The summed E-state index contributed by atoms with van der Waals surface area (Å²) in [6.45, 7) is 6.15. The van der Waals surface area contributed by atoms with Crippen LogP contribution in [0.5, 0.6) is 5.88 Å². The van der Waals surface area contributed by atoms with Gasteiger partial charge in [-0.25, -0.2) is 4.79 Å². The molecule has 1 aromatic rings. The second-order valence-corrected chi connectivity index (χ2v) is 2.68. The van der Waals surface area contributed by atoms with Crippen LogP contribution in [0.4, 0.5) is 0 Å². The van der Waals surface area contributed by atoms with Crippen LogP contribution in [0, 0.1) is 6.92 Å². The van der Waals surface area contributed by atoms with Gasteiger partial charge in [-0.05, 0) is 20.8 Å². The Balaban J connectivity index is 2.92. The van der Waals surface area contributed by atoms with E-state index in [4.69, 9.17) is 9.47 Å². The first kappa shape index (κ1) is 10.6. The fourth-order valence-electron chi connectivity index (χ4n) is 1.09. The van der Waals surface area contributed by atoms with Crippen LogP contribution in [0.3, 0.4) is 0 Å². The van der Waals surface area contributed by atoms with E-state index >= 15 is 0 Å². The van der Waals surface area contributed by atoms with Crippen molar-refractivity contribution in [3.8, 4) is 5.88 Å². The minimum absolute atomic E-state index is 0.309. The van der Waals surface area contributed by atoms with Crippen molar-refractivity contribution in [2.24, 2.45) is 0 Å². The van der Waals surface area contributed by atoms with Crippen molar-refractivity contribution in [1.82, 2.24) is 10.2 Å². The lowest BCUT2D eigenvalue weighted by molar-refractivity contribution is 0.0521. The van der Waals surface area contributed by atoms with Gasteiger partial charge in [0.15, 0.2) is 0 Å². The normalized spacial score (nSPS) is 9.93. The SMILES string of the molecule is CCOC(=O)c1c(OCC)n[nH]c1C. The number of aryl methyl sites for hydroxylation is 1. The summed E-state index contributed by atoms with van der Waals surface area (Å²) in [5.41, 5.74) is 1.04. The lowest BCUT2D eigenvalue weighted by Crippen LogP contribution is -2.07. The zero-order valence-electron chi connectivity index (χ0n) is 8.59. The van der Waals surface area contributed by atoms with Gasteiger partial charge in [0, 0.05) is 0 Å². The number of hydrogen-bond acceptors (Lipinski definition) is 4. The molecule has 5 heteroatoms. The van der Waals surface area contributed by atoms with Crippen LogP contribution in [-0.4, -0.2) is 29.4 Å². The van der Waals surface area contributed by atoms with Crippen LogP contribution in [0.15, 0.2) is 0 Å². The van der Waals surface area contributed by atoms with Gasteiger partial charge in [-0.1, -0.05) is 0 Å². The smallest absolute Gasteiger partial charge is 0.345 e. The molecule has 0 bridgehead atoms. The van der Waals surface area contributed by atoms with Crippen molar-refractivity contribution in [3.05, 3.63) is 11.3 Å². The van der Waals surface area contributed by atoms with Crippen LogP contribution in [0.2, 0.25) is 0 Å². The highest BCUT2D eigenvalue weighted by atomic mass is 16.5. The lowest BCUT2D eigenvalue weighted by atomic mass is 10.2. The van der Waals surface area contributed by atoms with Crippen LogP contribution >= 0.6 is 0 Å². The number of rotatable bonds is 4. The second kappa shape index (κ2) is 4.64. The molecule has 5 nitrogen and oxygen atoms in total. The third kappa shape index (κ3) is 2.04. The largest absolute Gasteiger partial charge is 0.476 e. The van der Waals surface area contributed by atoms with Gasteiger partial charge in [-0.2, -0.15) is 0 Å². The summed E-state index contributed by atoms with van der Waals surface area (Å²) < 4.78 is 10.1. The summed E-state index contributed by atoms with van der Waals surface area (Å²) in [7, 11) is 0. The molecule has 1 N–H and O–H groups in total. The van der Waals surface area contributed by atoms with E-state index in [1.54, 1.807) is 13.8 Å². The van der Waals surface area contributed by atoms with E-state index in [1.165, 1.54) is 0 Å². The molecule has 0 amide bonds. The van der Waals surface area contributed by atoms with Gasteiger partial charge in [0.25, 0.3) is 0 Å². The number of nitrogens with one attached hydrogen (secondary N) is 1. The van der Waals surface area contributed by atoms with Crippen LogP contribution in [0.1, 0.15) is 29.9 Å². The fraction of sp³-hybridized carbons (Fsp3) is 0.556. The predicted molar refractivity (Wildman–Crippen MR) is 50.5 cm³/mol. The molecule has 1 aromatic heterocycles. The van der Waals surface area contributed by atoms with Crippen molar-refractivity contribution >= 4 is 5.97 Å². The Hall–Kier alpha value is -1.52. The number of H-pyrrole nitrogens is 1. The van der Waals surface area contributed by atoms with Gasteiger partial charge < -0.3 is 9.47 Å². The molecule has 0 radical (unpaired) electrons. The topological polar surface area (TPSA) is 64.2 Å². The molecule has 0 saturated heterocycles. The van der Waals surface area contributed by atoms with Gasteiger partial charge in [-0.15, -0.1) is 5.10 Å². The standard InChI is InChI=1S/C9H14N2O3/c1-4-13-8-7(6(3)10-11-8)9(12)14-5-2/h4-5H2,1-3H3,(H,10,11). The first-order valence-electron chi connectivity index (χ1n) is 4.55. The van der Waals surface area contributed by atoms with Crippen molar-refractivity contribution < 1.29 is 14.3 Å². The molecule has 0 unspecified atom stereocenters. The molecule has 14 heavy (non-hydrogen) atoms. The van der Waals surface area contributed by atoms with Crippen LogP contribution in [-0.2, 0) is 4.74 Å². The Morgan fingerprint density at radius 3 is 2.71 bits per heavy atom. The molecule has 0 atom stereocenters. The van der Waals surface area contributed by atoms with Crippen molar-refractivity contribution in [2.75, 3.05) is 13.2 Å². The number of carbonyl (C=O) groups excluding carboxylic acids is 1. The Morgan fingerprint density at radius 2 is 2.14 bits per heavy atom. The van der Waals surface area contributed by atoms with E-state index < -0.39 is 5.97 Å². The molecular weight excluding hydrogens is 184 g/mol. The number of nitrogens with zero attached hydrogens (tertiary/aromatic N) is 1. The average molecular weight is 198 g/mol. The Morgan fingerprint density at radius 1 is 1.43 bits per heavy atom. The van der Waals surface area contributed by atoms with E-state index in [1.807, 2.05) is 6.92 Å². The maximum atomic E-state index is 11.5. The van der Waals surface area contributed by atoms with Gasteiger partial charge in [0.2, 0.25) is 5.88 Å². The number of esters is 1. The minimum atomic E-state index is -0.401. The molecule has 78 valence electrons. The van der Waals surface area contributed by atoms with Crippen molar-refractivity contribution in [1.29, 1.82) is 0 Å². The summed E-state index contributed by atoms with van der Waals surface area (Å²) >= 11 is 0. The molecule has 0 aliphatic carbocycles. The Labute approximate surface area is 82.4 Å². The first-order valence-corrected chi connectivity index (χ1v) is 4.55.